The number of nitrogens with two attached hydrogens (primary N) is 1. The number of anilines is 1. The minimum Gasteiger partial charge on any atom is -0.495 e. The summed E-state index contributed by atoms with van der Waals surface area (Å²) in [6, 6.07) is 5.42. The second kappa shape index (κ2) is 3.78. The number of ether oxygens (including phenoxy) is 2. The van der Waals surface area contributed by atoms with Crippen LogP contribution in [0.25, 0.3) is 0 Å². The van der Waals surface area contributed by atoms with E-state index in [2.05, 4.69) is 0 Å². The average Bonchev–Trinajstić information content (AvgIpc) is 2.01. The van der Waals surface area contributed by atoms with Crippen LogP contribution >= 0.6 is 0 Å². The van der Waals surface area contributed by atoms with Crippen molar-refractivity contribution in [1.82, 2.24) is 0 Å². The molecular formula is C11H17NO2. The fraction of sp³-hybridized carbons (Fsp3) is 0.455. The highest BCUT2D eigenvalue weighted by molar-refractivity contribution is 5.56. The molecule has 0 aromatic heterocycles. The molecule has 1 aromatic rings. The van der Waals surface area contributed by atoms with Gasteiger partial charge in [0.2, 0.25) is 0 Å². The monoisotopic (exact) mass is 195 g/mol. The first-order chi connectivity index (χ1) is 6.42. The van der Waals surface area contributed by atoms with Gasteiger partial charge in [0.15, 0.2) is 0 Å². The summed E-state index contributed by atoms with van der Waals surface area (Å²) < 4.78 is 10.7. The smallest absolute Gasteiger partial charge is 0.142 e. The van der Waals surface area contributed by atoms with E-state index >= 15 is 0 Å². The van der Waals surface area contributed by atoms with Gasteiger partial charge in [0.05, 0.1) is 12.8 Å². The molecule has 0 spiro atoms. The van der Waals surface area contributed by atoms with Crippen molar-refractivity contribution in [3.63, 3.8) is 0 Å². The van der Waals surface area contributed by atoms with Crippen molar-refractivity contribution in [2.45, 2.75) is 26.4 Å². The maximum absolute atomic E-state index is 5.75. The average molecular weight is 195 g/mol. The quantitative estimate of drug-likeness (QED) is 0.737. The molecule has 3 nitrogen and oxygen atoms in total. The molecule has 0 atom stereocenters. The minimum absolute atomic E-state index is 0.207. The number of hydrogen-bond acceptors (Lipinski definition) is 3. The number of nitrogen functional groups attached to an aromatic ring is 1. The van der Waals surface area contributed by atoms with Crippen LogP contribution in [0.5, 0.6) is 11.5 Å². The molecule has 0 aliphatic heterocycles. The molecule has 3 heteroatoms. The maximum Gasteiger partial charge on any atom is 0.142 e. The molecule has 0 saturated carbocycles. The van der Waals surface area contributed by atoms with Crippen LogP contribution in [0.1, 0.15) is 20.8 Å². The zero-order chi connectivity index (χ0) is 10.8. The molecule has 1 rings (SSSR count). The lowest BCUT2D eigenvalue weighted by atomic mass is 10.2. The van der Waals surface area contributed by atoms with Gasteiger partial charge in [-0.05, 0) is 32.9 Å². The third kappa shape index (κ3) is 2.83. The lowest BCUT2D eigenvalue weighted by molar-refractivity contribution is 0.131. The first kappa shape index (κ1) is 10.7. The van der Waals surface area contributed by atoms with Gasteiger partial charge in [-0.15, -0.1) is 0 Å². The highest BCUT2D eigenvalue weighted by atomic mass is 16.5. The normalized spacial score (nSPS) is 11.1. The van der Waals surface area contributed by atoms with E-state index in [1.807, 2.05) is 26.8 Å². The van der Waals surface area contributed by atoms with E-state index in [1.54, 1.807) is 19.2 Å². The Kier molecular flexibility index (Phi) is 2.89. The standard InChI is InChI=1S/C11H17NO2/c1-11(2,3)14-8-5-6-10(13-4)9(12)7-8/h5-7H,12H2,1-4H3. The fourth-order valence-corrected chi connectivity index (χ4v) is 1.13. The van der Waals surface area contributed by atoms with E-state index < -0.39 is 0 Å². The topological polar surface area (TPSA) is 44.5 Å². The molecule has 0 fully saturated rings. The van der Waals surface area contributed by atoms with Crippen molar-refractivity contribution < 1.29 is 9.47 Å². The zero-order valence-corrected chi connectivity index (χ0v) is 9.13. The zero-order valence-electron chi connectivity index (χ0n) is 9.13. The van der Waals surface area contributed by atoms with Gasteiger partial charge in [-0.2, -0.15) is 0 Å². The molecule has 0 aliphatic rings. The predicted molar refractivity (Wildman–Crippen MR) is 57.8 cm³/mol. The van der Waals surface area contributed by atoms with Gasteiger partial charge < -0.3 is 15.2 Å². The van der Waals surface area contributed by atoms with Gasteiger partial charge in [-0.1, -0.05) is 0 Å². The Labute approximate surface area is 84.8 Å². The summed E-state index contributed by atoms with van der Waals surface area (Å²) in [5, 5.41) is 0. The second-order valence-corrected chi connectivity index (χ2v) is 4.12. The Morgan fingerprint density at radius 3 is 2.29 bits per heavy atom. The van der Waals surface area contributed by atoms with Gasteiger partial charge in [0.1, 0.15) is 17.1 Å². The molecule has 14 heavy (non-hydrogen) atoms. The van der Waals surface area contributed by atoms with Crippen molar-refractivity contribution >= 4 is 5.69 Å². The van der Waals surface area contributed by atoms with Gasteiger partial charge in [-0.3, -0.25) is 0 Å². The number of benzene rings is 1. The lowest BCUT2D eigenvalue weighted by Gasteiger charge is -2.21. The second-order valence-electron chi connectivity index (χ2n) is 4.12. The maximum atomic E-state index is 5.75. The highest BCUT2D eigenvalue weighted by Gasteiger charge is 2.12. The van der Waals surface area contributed by atoms with Gasteiger partial charge in [0, 0.05) is 6.07 Å². The summed E-state index contributed by atoms with van der Waals surface area (Å²) in [5.74, 6) is 1.43. The summed E-state index contributed by atoms with van der Waals surface area (Å²) in [5.41, 5.74) is 6.13. The molecule has 0 heterocycles. The van der Waals surface area contributed by atoms with Crippen molar-refractivity contribution in [2.24, 2.45) is 0 Å². The molecule has 1 aromatic carbocycles. The Morgan fingerprint density at radius 2 is 1.86 bits per heavy atom. The third-order valence-corrected chi connectivity index (χ3v) is 1.63. The number of methoxy groups -OCH3 is 1. The first-order valence-corrected chi connectivity index (χ1v) is 4.55. The molecule has 78 valence electrons. The van der Waals surface area contributed by atoms with Crippen LogP contribution in [0, 0.1) is 0 Å². The SMILES string of the molecule is COc1ccc(OC(C)(C)C)cc1N. The van der Waals surface area contributed by atoms with Crippen molar-refractivity contribution in [1.29, 1.82) is 0 Å². The summed E-state index contributed by atoms with van der Waals surface area (Å²) in [6.45, 7) is 5.98. The van der Waals surface area contributed by atoms with Crippen LogP contribution in [0.4, 0.5) is 5.69 Å². The predicted octanol–water partition coefficient (Wildman–Crippen LogP) is 2.45. The Bertz CT molecular complexity index is 316. The fourth-order valence-electron chi connectivity index (χ4n) is 1.13. The highest BCUT2D eigenvalue weighted by Crippen LogP contribution is 2.27. The Hall–Kier alpha value is -1.38. The summed E-state index contributed by atoms with van der Waals surface area (Å²) in [6.07, 6.45) is 0. The largest absolute Gasteiger partial charge is 0.495 e. The Balaban J connectivity index is 2.87. The van der Waals surface area contributed by atoms with Crippen LogP contribution < -0.4 is 15.2 Å². The molecule has 0 bridgehead atoms. The van der Waals surface area contributed by atoms with Crippen LogP contribution in [0.2, 0.25) is 0 Å². The van der Waals surface area contributed by atoms with Gasteiger partial charge in [0.25, 0.3) is 0 Å². The molecular weight excluding hydrogens is 178 g/mol. The van der Waals surface area contributed by atoms with Crippen LogP contribution in [-0.2, 0) is 0 Å². The van der Waals surface area contributed by atoms with E-state index in [4.69, 9.17) is 15.2 Å². The number of rotatable bonds is 2. The van der Waals surface area contributed by atoms with Crippen LogP contribution in [0.3, 0.4) is 0 Å². The van der Waals surface area contributed by atoms with Crippen molar-refractivity contribution in [3.05, 3.63) is 18.2 Å². The van der Waals surface area contributed by atoms with E-state index in [0.29, 0.717) is 11.4 Å². The molecule has 2 N–H and O–H groups in total. The van der Waals surface area contributed by atoms with Crippen LogP contribution in [-0.4, -0.2) is 12.7 Å². The summed E-state index contributed by atoms with van der Waals surface area (Å²) in [4.78, 5) is 0. The summed E-state index contributed by atoms with van der Waals surface area (Å²) >= 11 is 0. The minimum atomic E-state index is -0.207. The lowest BCUT2D eigenvalue weighted by Crippen LogP contribution is -2.22. The van der Waals surface area contributed by atoms with Gasteiger partial charge >= 0.3 is 0 Å². The summed E-state index contributed by atoms with van der Waals surface area (Å²) in [7, 11) is 1.59. The van der Waals surface area contributed by atoms with Gasteiger partial charge in [-0.25, -0.2) is 0 Å². The molecule has 0 amide bonds. The third-order valence-electron chi connectivity index (χ3n) is 1.63. The molecule has 0 radical (unpaired) electrons. The van der Waals surface area contributed by atoms with E-state index in [1.165, 1.54) is 0 Å². The first-order valence-electron chi connectivity index (χ1n) is 4.55. The van der Waals surface area contributed by atoms with E-state index in [-0.39, 0.29) is 5.60 Å². The number of hydrogen-bond donors (Lipinski definition) is 1. The molecule has 0 aliphatic carbocycles. The van der Waals surface area contributed by atoms with E-state index in [0.717, 1.165) is 5.75 Å². The van der Waals surface area contributed by atoms with Crippen molar-refractivity contribution in [2.75, 3.05) is 12.8 Å². The van der Waals surface area contributed by atoms with Crippen molar-refractivity contribution in [3.8, 4) is 11.5 Å². The van der Waals surface area contributed by atoms with E-state index in [9.17, 15) is 0 Å². The molecule has 0 saturated heterocycles. The Morgan fingerprint density at radius 1 is 1.21 bits per heavy atom. The molecule has 0 unspecified atom stereocenters. The van der Waals surface area contributed by atoms with Crippen LogP contribution in [0.15, 0.2) is 18.2 Å².